The number of ketones is 1. The molecule has 0 radical (unpaired) electrons. The molecule has 1 heterocycles. The lowest BCUT2D eigenvalue weighted by Gasteiger charge is -2.04. The van der Waals surface area contributed by atoms with Crippen LogP contribution in [0, 0.1) is 0 Å². The molecule has 1 aromatic heterocycles. The van der Waals surface area contributed by atoms with Gasteiger partial charge in [0.1, 0.15) is 0 Å². The molecule has 5 nitrogen and oxygen atoms in total. The summed E-state index contributed by atoms with van der Waals surface area (Å²) < 4.78 is 6.32. The molecule has 5 heteroatoms. The number of esters is 1. The number of hydrogen-bond acceptors (Lipinski definition) is 4. The second-order valence-electron chi connectivity index (χ2n) is 4.43. The summed E-state index contributed by atoms with van der Waals surface area (Å²) in [6.45, 7) is 0.279. The Labute approximate surface area is 117 Å². The van der Waals surface area contributed by atoms with Crippen molar-refractivity contribution in [2.45, 2.75) is 19.4 Å². The first-order chi connectivity index (χ1) is 9.69. The maximum atomic E-state index is 12.0. The number of ether oxygens (including phenoxy) is 1. The molecule has 0 aliphatic heterocycles. The molecule has 0 aliphatic carbocycles. The standard InChI is InChI=1S/C15H16N2O3/c1-20-15(19)7-4-12-2-5-13(6-3-12)14(18)10-17-9-8-16-11-17/h2-3,5-6,8-9,11H,4,7,10H2,1H3. The van der Waals surface area contributed by atoms with Gasteiger partial charge >= 0.3 is 5.97 Å². The Balaban J connectivity index is 1.93. The van der Waals surface area contributed by atoms with Crippen molar-refractivity contribution in [3.05, 3.63) is 54.1 Å². The first-order valence-electron chi connectivity index (χ1n) is 6.34. The van der Waals surface area contributed by atoms with Crippen LogP contribution in [0.15, 0.2) is 43.0 Å². The lowest BCUT2D eigenvalue weighted by molar-refractivity contribution is -0.140. The van der Waals surface area contributed by atoms with Crippen LogP contribution in [0.1, 0.15) is 22.3 Å². The topological polar surface area (TPSA) is 61.2 Å². The number of carbonyl (C=O) groups excluding carboxylic acids is 2. The summed E-state index contributed by atoms with van der Waals surface area (Å²) in [5, 5.41) is 0. The highest BCUT2D eigenvalue weighted by Gasteiger charge is 2.07. The fraction of sp³-hybridized carbons (Fsp3) is 0.267. The van der Waals surface area contributed by atoms with Crippen LogP contribution in [0.3, 0.4) is 0 Å². The Morgan fingerprint density at radius 1 is 1.25 bits per heavy atom. The van der Waals surface area contributed by atoms with Gasteiger partial charge in [0.05, 0.1) is 20.0 Å². The average Bonchev–Trinajstić information content (AvgIpc) is 2.98. The van der Waals surface area contributed by atoms with Gasteiger partial charge in [0.25, 0.3) is 0 Å². The minimum absolute atomic E-state index is 0.0301. The van der Waals surface area contributed by atoms with Crippen molar-refractivity contribution in [2.24, 2.45) is 0 Å². The molecule has 0 atom stereocenters. The number of aromatic nitrogens is 2. The number of carbonyl (C=O) groups is 2. The van der Waals surface area contributed by atoms with E-state index in [0.29, 0.717) is 18.4 Å². The Morgan fingerprint density at radius 3 is 2.60 bits per heavy atom. The first-order valence-corrected chi connectivity index (χ1v) is 6.34. The molecule has 0 fully saturated rings. The zero-order valence-corrected chi connectivity index (χ0v) is 11.3. The van der Waals surface area contributed by atoms with Crippen LogP contribution < -0.4 is 0 Å². The number of rotatable bonds is 6. The molecular formula is C15H16N2O3. The Hall–Kier alpha value is -2.43. The molecule has 0 unspecified atom stereocenters. The highest BCUT2D eigenvalue weighted by molar-refractivity contribution is 5.95. The van der Waals surface area contributed by atoms with Crippen LogP contribution in [0.5, 0.6) is 0 Å². The third-order valence-electron chi connectivity index (χ3n) is 3.01. The van der Waals surface area contributed by atoms with Crippen LogP contribution in [0.4, 0.5) is 0 Å². The van der Waals surface area contributed by atoms with Crippen molar-refractivity contribution >= 4 is 11.8 Å². The lowest BCUT2D eigenvalue weighted by atomic mass is 10.0. The van der Waals surface area contributed by atoms with E-state index in [0.717, 1.165) is 5.56 Å². The third kappa shape index (κ3) is 3.78. The first kappa shape index (κ1) is 14.0. The lowest BCUT2D eigenvalue weighted by Crippen LogP contribution is -2.09. The number of methoxy groups -OCH3 is 1. The van der Waals surface area contributed by atoms with Crippen molar-refractivity contribution in [1.82, 2.24) is 9.55 Å². The van der Waals surface area contributed by atoms with E-state index < -0.39 is 0 Å². The smallest absolute Gasteiger partial charge is 0.305 e. The summed E-state index contributed by atoms with van der Waals surface area (Å²) in [7, 11) is 1.38. The van der Waals surface area contributed by atoms with Crippen LogP contribution in [0.25, 0.3) is 0 Å². The van der Waals surface area contributed by atoms with E-state index in [4.69, 9.17) is 0 Å². The van der Waals surface area contributed by atoms with E-state index >= 15 is 0 Å². The monoisotopic (exact) mass is 272 g/mol. The molecule has 20 heavy (non-hydrogen) atoms. The number of nitrogens with zero attached hydrogens (tertiary/aromatic N) is 2. The minimum atomic E-state index is -0.231. The van der Waals surface area contributed by atoms with Crippen molar-refractivity contribution < 1.29 is 14.3 Å². The van der Waals surface area contributed by atoms with E-state index in [1.165, 1.54) is 7.11 Å². The summed E-state index contributed by atoms with van der Waals surface area (Å²) in [6.07, 6.45) is 5.97. The van der Waals surface area contributed by atoms with E-state index in [2.05, 4.69) is 9.72 Å². The minimum Gasteiger partial charge on any atom is -0.469 e. The van der Waals surface area contributed by atoms with Gasteiger partial charge in [0.15, 0.2) is 5.78 Å². The molecular weight excluding hydrogens is 256 g/mol. The van der Waals surface area contributed by atoms with Gasteiger partial charge in [-0.2, -0.15) is 0 Å². The molecule has 104 valence electrons. The van der Waals surface area contributed by atoms with Gasteiger partial charge < -0.3 is 9.30 Å². The molecule has 0 aliphatic rings. The normalized spacial score (nSPS) is 10.2. The maximum absolute atomic E-state index is 12.0. The van der Waals surface area contributed by atoms with E-state index in [9.17, 15) is 9.59 Å². The molecule has 1 aromatic carbocycles. The quantitative estimate of drug-likeness (QED) is 0.595. The predicted molar refractivity (Wildman–Crippen MR) is 73.3 cm³/mol. The number of imidazole rings is 1. The third-order valence-corrected chi connectivity index (χ3v) is 3.01. The Morgan fingerprint density at radius 2 is 2.00 bits per heavy atom. The summed E-state index contributed by atoms with van der Waals surface area (Å²) >= 11 is 0. The second kappa shape index (κ2) is 6.65. The molecule has 0 saturated heterocycles. The fourth-order valence-electron chi connectivity index (χ4n) is 1.84. The zero-order chi connectivity index (χ0) is 14.4. The summed E-state index contributed by atoms with van der Waals surface area (Å²) in [5.41, 5.74) is 1.66. The van der Waals surface area contributed by atoms with Crippen molar-refractivity contribution in [3.8, 4) is 0 Å². The van der Waals surface area contributed by atoms with Crippen LogP contribution >= 0.6 is 0 Å². The highest BCUT2D eigenvalue weighted by atomic mass is 16.5. The zero-order valence-electron chi connectivity index (χ0n) is 11.3. The predicted octanol–water partition coefficient (Wildman–Crippen LogP) is 1.87. The van der Waals surface area contributed by atoms with Gasteiger partial charge in [-0.15, -0.1) is 0 Å². The summed E-state index contributed by atoms with van der Waals surface area (Å²) in [4.78, 5) is 27.0. The number of aryl methyl sites for hydroxylation is 1. The van der Waals surface area contributed by atoms with Gasteiger partial charge in [0, 0.05) is 24.4 Å². The largest absolute Gasteiger partial charge is 0.469 e. The van der Waals surface area contributed by atoms with E-state index in [1.807, 2.05) is 12.1 Å². The number of benzene rings is 1. The van der Waals surface area contributed by atoms with Crippen molar-refractivity contribution in [2.75, 3.05) is 7.11 Å². The summed E-state index contributed by atoms with van der Waals surface area (Å²) in [6, 6.07) is 7.30. The van der Waals surface area contributed by atoms with Gasteiger partial charge in [-0.25, -0.2) is 4.98 Å². The number of hydrogen-bond donors (Lipinski definition) is 0. The maximum Gasteiger partial charge on any atom is 0.305 e. The molecule has 2 rings (SSSR count). The Kier molecular flexibility index (Phi) is 4.65. The van der Waals surface area contributed by atoms with Gasteiger partial charge in [-0.1, -0.05) is 24.3 Å². The molecule has 0 saturated carbocycles. The van der Waals surface area contributed by atoms with Gasteiger partial charge in [-0.05, 0) is 12.0 Å². The molecule has 0 amide bonds. The van der Waals surface area contributed by atoms with Gasteiger partial charge in [0.2, 0.25) is 0 Å². The van der Waals surface area contributed by atoms with Crippen LogP contribution in [-0.4, -0.2) is 28.4 Å². The summed E-state index contributed by atoms with van der Waals surface area (Å²) in [5.74, 6) is -0.201. The fourth-order valence-corrected chi connectivity index (χ4v) is 1.84. The Bertz CT molecular complexity index is 574. The second-order valence-corrected chi connectivity index (χ2v) is 4.43. The highest BCUT2D eigenvalue weighted by Crippen LogP contribution is 2.09. The van der Waals surface area contributed by atoms with E-state index in [1.54, 1.807) is 35.4 Å². The van der Waals surface area contributed by atoms with Gasteiger partial charge in [-0.3, -0.25) is 9.59 Å². The van der Waals surface area contributed by atoms with Crippen LogP contribution in [-0.2, 0) is 22.5 Å². The molecule has 0 N–H and O–H groups in total. The number of Topliss-reactive ketones (excluding diaryl/α,β-unsaturated/α-hetero) is 1. The van der Waals surface area contributed by atoms with E-state index in [-0.39, 0.29) is 18.3 Å². The molecule has 0 bridgehead atoms. The van der Waals surface area contributed by atoms with Crippen LogP contribution in [0.2, 0.25) is 0 Å². The molecule has 2 aromatic rings. The van der Waals surface area contributed by atoms with Crippen molar-refractivity contribution in [1.29, 1.82) is 0 Å². The SMILES string of the molecule is COC(=O)CCc1ccc(C(=O)Cn2ccnc2)cc1. The molecule has 0 spiro atoms. The van der Waals surface area contributed by atoms with Crippen molar-refractivity contribution in [3.63, 3.8) is 0 Å². The average molecular weight is 272 g/mol.